The Hall–Kier alpha value is -1.31. The maximum atomic E-state index is 11.6. The first-order valence-corrected chi connectivity index (χ1v) is 4.91. The van der Waals surface area contributed by atoms with Crippen LogP contribution in [0.2, 0.25) is 0 Å². The summed E-state index contributed by atoms with van der Waals surface area (Å²) in [5.41, 5.74) is 2.83. The normalized spacial score (nSPS) is 19.7. The summed E-state index contributed by atoms with van der Waals surface area (Å²) in [6, 6.07) is 5.91. The van der Waals surface area contributed by atoms with Gasteiger partial charge in [0.25, 0.3) is 0 Å². The van der Waals surface area contributed by atoms with Crippen LogP contribution in [0.5, 0.6) is 0 Å². The molecule has 0 radical (unpaired) electrons. The largest absolute Gasteiger partial charge is 0.454 e. The van der Waals surface area contributed by atoms with Crippen LogP contribution in [-0.2, 0) is 4.74 Å². The van der Waals surface area contributed by atoms with Crippen LogP contribution in [0.1, 0.15) is 41.4 Å². The maximum Gasteiger partial charge on any atom is 0.339 e. The second-order valence-corrected chi connectivity index (χ2v) is 4.11. The van der Waals surface area contributed by atoms with Gasteiger partial charge in [0.2, 0.25) is 0 Å². The summed E-state index contributed by atoms with van der Waals surface area (Å²) in [7, 11) is 0. The van der Waals surface area contributed by atoms with E-state index in [1.165, 1.54) is 0 Å². The maximum absolute atomic E-state index is 11.6. The van der Waals surface area contributed by atoms with Gasteiger partial charge in [-0.2, -0.15) is 0 Å². The molecule has 1 aromatic carbocycles. The van der Waals surface area contributed by atoms with Crippen molar-refractivity contribution in [2.75, 3.05) is 0 Å². The van der Waals surface area contributed by atoms with E-state index in [9.17, 15) is 4.79 Å². The molecule has 0 bridgehead atoms. The Labute approximate surface area is 83.9 Å². The number of carbonyl (C=O) groups excluding carboxylic acids is 1. The van der Waals surface area contributed by atoms with E-state index in [1.54, 1.807) is 0 Å². The number of aryl methyl sites for hydroxylation is 1. The average molecular weight is 190 g/mol. The highest BCUT2D eigenvalue weighted by Gasteiger charge is 2.33. The highest BCUT2D eigenvalue weighted by Crippen LogP contribution is 2.36. The van der Waals surface area contributed by atoms with Gasteiger partial charge in [0, 0.05) is 5.56 Å². The lowest BCUT2D eigenvalue weighted by atomic mass is 9.95. The molecule has 1 atom stereocenters. The second-order valence-electron chi connectivity index (χ2n) is 4.11. The first kappa shape index (κ1) is 9.25. The topological polar surface area (TPSA) is 26.3 Å². The number of ether oxygens (including phenoxy) is 1. The zero-order valence-corrected chi connectivity index (χ0v) is 8.70. The molecule has 0 spiro atoms. The fraction of sp³-hybridized carbons (Fsp3) is 0.417. The zero-order valence-electron chi connectivity index (χ0n) is 8.70. The molecule has 2 rings (SSSR count). The van der Waals surface area contributed by atoms with Crippen LogP contribution in [-0.4, -0.2) is 5.97 Å². The van der Waals surface area contributed by atoms with Gasteiger partial charge in [-0.1, -0.05) is 32.0 Å². The van der Waals surface area contributed by atoms with Crippen molar-refractivity contribution in [3.05, 3.63) is 34.9 Å². The van der Waals surface area contributed by atoms with Crippen molar-refractivity contribution in [3.63, 3.8) is 0 Å². The lowest BCUT2D eigenvalue weighted by Crippen LogP contribution is -2.05. The molecule has 0 N–H and O–H groups in total. The molecule has 74 valence electrons. The van der Waals surface area contributed by atoms with Gasteiger partial charge in [0.05, 0.1) is 5.56 Å². The third-order valence-corrected chi connectivity index (χ3v) is 2.66. The van der Waals surface area contributed by atoms with Gasteiger partial charge in [0.1, 0.15) is 6.10 Å². The molecule has 1 aromatic rings. The van der Waals surface area contributed by atoms with Crippen molar-refractivity contribution in [3.8, 4) is 0 Å². The molecule has 0 saturated heterocycles. The molecule has 14 heavy (non-hydrogen) atoms. The van der Waals surface area contributed by atoms with Crippen molar-refractivity contribution in [1.82, 2.24) is 0 Å². The fourth-order valence-electron chi connectivity index (χ4n) is 1.94. The van der Waals surface area contributed by atoms with Gasteiger partial charge >= 0.3 is 5.97 Å². The number of hydrogen-bond donors (Lipinski definition) is 0. The Morgan fingerprint density at radius 3 is 2.71 bits per heavy atom. The number of fused-ring (bicyclic) bond motifs is 1. The lowest BCUT2D eigenvalue weighted by Gasteiger charge is -2.14. The molecule has 0 saturated carbocycles. The van der Waals surface area contributed by atoms with Crippen LogP contribution < -0.4 is 0 Å². The molecule has 1 heterocycles. The van der Waals surface area contributed by atoms with Crippen LogP contribution in [0.4, 0.5) is 0 Å². The summed E-state index contributed by atoms with van der Waals surface area (Å²) in [4.78, 5) is 11.6. The van der Waals surface area contributed by atoms with Crippen molar-refractivity contribution in [2.45, 2.75) is 26.9 Å². The van der Waals surface area contributed by atoms with Crippen LogP contribution in [0.15, 0.2) is 18.2 Å². The first-order valence-electron chi connectivity index (χ1n) is 4.91. The molecule has 0 fully saturated rings. The predicted molar refractivity (Wildman–Crippen MR) is 54.2 cm³/mol. The third kappa shape index (κ3) is 1.22. The Morgan fingerprint density at radius 2 is 2.07 bits per heavy atom. The van der Waals surface area contributed by atoms with Crippen LogP contribution in [0.25, 0.3) is 0 Å². The Kier molecular flexibility index (Phi) is 2.06. The molecule has 1 unspecified atom stereocenters. The zero-order chi connectivity index (χ0) is 10.3. The number of cyclic esters (lactones) is 1. The third-order valence-electron chi connectivity index (χ3n) is 2.66. The van der Waals surface area contributed by atoms with Gasteiger partial charge in [0.15, 0.2) is 0 Å². The minimum atomic E-state index is -0.170. The SMILES string of the molecule is Cc1cccc2c1C(=O)OC2C(C)C. The highest BCUT2D eigenvalue weighted by atomic mass is 16.5. The molecular weight excluding hydrogens is 176 g/mol. The first-order chi connectivity index (χ1) is 6.61. The molecule has 0 aromatic heterocycles. The molecule has 1 aliphatic rings. The van der Waals surface area contributed by atoms with Crippen molar-refractivity contribution < 1.29 is 9.53 Å². The van der Waals surface area contributed by atoms with Crippen molar-refractivity contribution in [2.24, 2.45) is 5.92 Å². The molecule has 2 heteroatoms. The summed E-state index contributed by atoms with van der Waals surface area (Å²) in [6.45, 7) is 6.08. The smallest absolute Gasteiger partial charge is 0.339 e. The van der Waals surface area contributed by atoms with Gasteiger partial charge in [-0.25, -0.2) is 4.79 Å². The van der Waals surface area contributed by atoms with E-state index in [0.29, 0.717) is 5.92 Å². The Bertz CT molecular complexity index is 380. The molecular formula is C12H14O2. The summed E-state index contributed by atoms with van der Waals surface area (Å²) in [5, 5.41) is 0. The second kappa shape index (κ2) is 3.12. The minimum Gasteiger partial charge on any atom is -0.454 e. The van der Waals surface area contributed by atoms with E-state index >= 15 is 0 Å². The monoisotopic (exact) mass is 190 g/mol. The van der Waals surface area contributed by atoms with E-state index in [1.807, 2.05) is 25.1 Å². The van der Waals surface area contributed by atoms with Crippen LogP contribution in [0.3, 0.4) is 0 Å². The van der Waals surface area contributed by atoms with Crippen molar-refractivity contribution in [1.29, 1.82) is 0 Å². The number of rotatable bonds is 1. The molecule has 1 aliphatic heterocycles. The number of esters is 1. The molecule has 2 nitrogen and oxygen atoms in total. The molecule has 0 amide bonds. The summed E-state index contributed by atoms with van der Waals surface area (Å²) < 4.78 is 5.34. The van der Waals surface area contributed by atoms with Crippen LogP contribution >= 0.6 is 0 Å². The fourth-order valence-corrected chi connectivity index (χ4v) is 1.94. The summed E-state index contributed by atoms with van der Waals surface area (Å²) >= 11 is 0. The van der Waals surface area contributed by atoms with Crippen molar-refractivity contribution >= 4 is 5.97 Å². The number of carbonyl (C=O) groups is 1. The van der Waals surface area contributed by atoms with Gasteiger partial charge in [-0.15, -0.1) is 0 Å². The van der Waals surface area contributed by atoms with Gasteiger partial charge < -0.3 is 4.74 Å². The predicted octanol–water partition coefficient (Wildman–Crippen LogP) is 2.86. The Morgan fingerprint density at radius 1 is 1.36 bits per heavy atom. The van der Waals surface area contributed by atoms with Crippen LogP contribution in [0, 0.1) is 12.8 Å². The minimum absolute atomic E-state index is 0.0580. The number of benzene rings is 1. The van der Waals surface area contributed by atoms with Gasteiger partial charge in [-0.05, 0) is 18.4 Å². The highest BCUT2D eigenvalue weighted by molar-refractivity contribution is 5.95. The van der Waals surface area contributed by atoms with Gasteiger partial charge in [-0.3, -0.25) is 0 Å². The summed E-state index contributed by atoms with van der Waals surface area (Å²) in [6.07, 6.45) is -0.0580. The Balaban J connectivity index is 2.55. The van der Waals surface area contributed by atoms with E-state index in [2.05, 4.69) is 13.8 Å². The average Bonchev–Trinajstić information content (AvgIpc) is 2.45. The summed E-state index contributed by atoms with van der Waals surface area (Å²) in [5.74, 6) is 0.166. The van der Waals surface area contributed by atoms with E-state index in [4.69, 9.17) is 4.74 Å². The number of hydrogen-bond acceptors (Lipinski definition) is 2. The van der Waals surface area contributed by atoms with E-state index < -0.39 is 0 Å². The molecule has 0 aliphatic carbocycles. The lowest BCUT2D eigenvalue weighted by molar-refractivity contribution is 0.0279. The van der Waals surface area contributed by atoms with E-state index in [-0.39, 0.29) is 12.1 Å². The standard InChI is InChI=1S/C12H14O2/c1-7(2)11-9-6-4-5-8(3)10(9)12(13)14-11/h4-7,11H,1-3H3. The van der Waals surface area contributed by atoms with E-state index in [0.717, 1.165) is 16.7 Å². The quantitative estimate of drug-likeness (QED) is 0.636.